The molecule has 0 saturated carbocycles. The standard InChI is InChI=1S/C28H37F3N2O7/c1-5-33(27(36)28(29,30)31)24-20(25(37-4)19(3)21-17-40-26(35)23(21)24)9-7-18(2)8-10-22(34)39-14-6-11-32-12-15-38-16-13-32/h7H,5-6,8-17H2,1-4H3. The first-order chi connectivity index (χ1) is 19.0. The van der Waals surface area contributed by atoms with E-state index >= 15 is 0 Å². The van der Waals surface area contributed by atoms with Crippen molar-refractivity contribution in [2.75, 3.05) is 58.0 Å². The van der Waals surface area contributed by atoms with Crippen LogP contribution in [-0.2, 0) is 36.8 Å². The lowest BCUT2D eigenvalue weighted by atomic mass is 9.92. The number of anilines is 1. The van der Waals surface area contributed by atoms with E-state index in [1.54, 1.807) is 19.9 Å². The zero-order valence-corrected chi connectivity index (χ0v) is 23.4. The highest BCUT2D eigenvalue weighted by molar-refractivity contribution is 6.08. The number of alkyl halides is 3. The van der Waals surface area contributed by atoms with Crippen LogP contribution in [0.15, 0.2) is 11.6 Å². The number of cyclic esters (lactones) is 1. The van der Waals surface area contributed by atoms with Crippen LogP contribution in [0.2, 0.25) is 0 Å². The van der Waals surface area contributed by atoms with Gasteiger partial charge in [-0.25, -0.2) is 4.79 Å². The van der Waals surface area contributed by atoms with Gasteiger partial charge in [-0.05, 0) is 45.6 Å². The third-order valence-electron chi connectivity index (χ3n) is 7.08. The maximum Gasteiger partial charge on any atom is 0.471 e. The topological polar surface area (TPSA) is 94.6 Å². The van der Waals surface area contributed by atoms with E-state index in [0.717, 1.165) is 31.6 Å². The van der Waals surface area contributed by atoms with Crippen LogP contribution in [0.3, 0.4) is 0 Å². The Morgan fingerprint density at radius 2 is 1.88 bits per heavy atom. The van der Waals surface area contributed by atoms with E-state index in [0.29, 0.717) is 42.3 Å². The lowest BCUT2D eigenvalue weighted by molar-refractivity contribution is -0.170. The number of hydrogen-bond donors (Lipinski definition) is 0. The van der Waals surface area contributed by atoms with Gasteiger partial charge in [-0.3, -0.25) is 14.5 Å². The number of morpholine rings is 1. The SMILES string of the molecule is CCN(C(=O)C(F)(F)F)c1c(CC=C(C)CCC(=O)OCCCN2CCOCC2)c(OC)c(C)c2c1C(=O)OC2. The van der Waals surface area contributed by atoms with Crippen LogP contribution in [0.25, 0.3) is 0 Å². The molecule has 12 heteroatoms. The van der Waals surface area contributed by atoms with Gasteiger partial charge in [-0.1, -0.05) is 11.6 Å². The minimum Gasteiger partial charge on any atom is -0.496 e. The van der Waals surface area contributed by atoms with Crippen molar-refractivity contribution in [3.63, 3.8) is 0 Å². The van der Waals surface area contributed by atoms with Crippen molar-refractivity contribution in [1.82, 2.24) is 4.90 Å². The van der Waals surface area contributed by atoms with Gasteiger partial charge in [0.25, 0.3) is 0 Å². The highest BCUT2D eigenvalue weighted by Crippen LogP contribution is 2.44. The van der Waals surface area contributed by atoms with Crippen LogP contribution in [0.5, 0.6) is 5.75 Å². The number of nitrogens with zero attached hydrogens (tertiary/aromatic N) is 2. The van der Waals surface area contributed by atoms with Crippen LogP contribution >= 0.6 is 0 Å². The maximum absolute atomic E-state index is 13.5. The molecule has 0 radical (unpaired) electrons. The number of benzene rings is 1. The largest absolute Gasteiger partial charge is 0.496 e. The molecule has 1 aromatic rings. The summed E-state index contributed by atoms with van der Waals surface area (Å²) in [4.78, 5) is 40.1. The Kier molecular flexibility index (Phi) is 11.0. The van der Waals surface area contributed by atoms with Crippen molar-refractivity contribution in [2.45, 2.75) is 59.2 Å². The number of carbonyl (C=O) groups is 3. The van der Waals surface area contributed by atoms with E-state index in [1.165, 1.54) is 14.0 Å². The lowest BCUT2D eigenvalue weighted by Crippen LogP contribution is -2.42. The van der Waals surface area contributed by atoms with Crippen LogP contribution < -0.4 is 9.64 Å². The van der Waals surface area contributed by atoms with Crippen LogP contribution in [-0.4, -0.2) is 82.0 Å². The third kappa shape index (κ3) is 7.54. The van der Waals surface area contributed by atoms with Gasteiger partial charge < -0.3 is 23.8 Å². The molecule has 0 spiro atoms. The van der Waals surface area contributed by atoms with Gasteiger partial charge in [0.2, 0.25) is 0 Å². The zero-order chi connectivity index (χ0) is 29.4. The summed E-state index contributed by atoms with van der Waals surface area (Å²) < 4.78 is 61.9. The second kappa shape index (κ2) is 14.0. The van der Waals surface area contributed by atoms with Gasteiger partial charge in [0, 0.05) is 43.7 Å². The van der Waals surface area contributed by atoms with Gasteiger partial charge in [0.1, 0.15) is 12.4 Å². The smallest absolute Gasteiger partial charge is 0.471 e. The summed E-state index contributed by atoms with van der Waals surface area (Å²) in [5.41, 5.74) is 1.80. The Bertz CT molecular complexity index is 1130. The van der Waals surface area contributed by atoms with E-state index in [4.69, 9.17) is 18.9 Å². The fourth-order valence-corrected chi connectivity index (χ4v) is 4.93. The molecule has 0 aliphatic carbocycles. The number of esters is 2. The molecular formula is C28H37F3N2O7. The van der Waals surface area contributed by atoms with Crippen molar-refractivity contribution in [2.24, 2.45) is 0 Å². The fourth-order valence-electron chi connectivity index (χ4n) is 4.93. The molecule has 3 rings (SSSR count). The minimum atomic E-state index is -5.14. The molecule has 1 amide bonds. The number of fused-ring (bicyclic) bond motifs is 1. The molecule has 9 nitrogen and oxygen atoms in total. The second-order valence-corrected chi connectivity index (χ2v) is 9.74. The predicted molar refractivity (Wildman–Crippen MR) is 140 cm³/mol. The quantitative estimate of drug-likeness (QED) is 0.211. The normalized spacial score (nSPS) is 16.0. The van der Waals surface area contributed by atoms with Crippen molar-refractivity contribution < 1.29 is 46.5 Å². The van der Waals surface area contributed by atoms with E-state index in [2.05, 4.69) is 4.90 Å². The Morgan fingerprint density at radius 3 is 2.50 bits per heavy atom. The van der Waals surface area contributed by atoms with Crippen molar-refractivity contribution in [3.05, 3.63) is 33.9 Å². The first kappa shape index (κ1) is 31.4. The first-order valence-corrected chi connectivity index (χ1v) is 13.4. The number of amides is 1. The highest BCUT2D eigenvalue weighted by Gasteiger charge is 2.45. The van der Waals surface area contributed by atoms with E-state index in [1.807, 2.05) is 0 Å². The average molecular weight is 571 g/mol. The number of allylic oxidation sites excluding steroid dienone is 2. The van der Waals surface area contributed by atoms with Crippen molar-refractivity contribution in [1.29, 1.82) is 0 Å². The Balaban J connectivity index is 1.74. The third-order valence-corrected chi connectivity index (χ3v) is 7.08. The average Bonchev–Trinajstić information content (AvgIpc) is 3.31. The van der Waals surface area contributed by atoms with E-state index < -0.39 is 18.1 Å². The van der Waals surface area contributed by atoms with Gasteiger partial charge >= 0.3 is 24.0 Å². The monoisotopic (exact) mass is 570 g/mol. The number of rotatable bonds is 12. The number of methoxy groups -OCH3 is 1. The Hall–Kier alpha value is -3.12. The van der Waals surface area contributed by atoms with Gasteiger partial charge in [0.05, 0.1) is 38.2 Å². The fraction of sp³-hybridized carbons (Fsp3) is 0.607. The summed E-state index contributed by atoms with van der Waals surface area (Å²) >= 11 is 0. The molecule has 0 aromatic heterocycles. The van der Waals surface area contributed by atoms with Gasteiger partial charge in [-0.2, -0.15) is 13.2 Å². The minimum absolute atomic E-state index is 0.0561. The predicted octanol–water partition coefficient (Wildman–Crippen LogP) is 4.12. The molecule has 1 aromatic carbocycles. The van der Waals surface area contributed by atoms with Crippen LogP contribution in [0.1, 0.15) is 60.2 Å². The van der Waals surface area contributed by atoms with Gasteiger partial charge in [0.15, 0.2) is 0 Å². The molecule has 1 saturated heterocycles. The molecule has 1 fully saturated rings. The molecular weight excluding hydrogens is 533 g/mol. The van der Waals surface area contributed by atoms with Crippen LogP contribution in [0.4, 0.5) is 18.9 Å². The van der Waals surface area contributed by atoms with Crippen molar-refractivity contribution >= 4 is 23.5 Å². The maximum atomic E-state index is 13.5. The molecule has 40 heavy (non-hydrogen) atoms. The lowest BCUT2D eigenvalue weighted by Gasteiger charge is -2.28. The molecule has 2 heterocycles. The van der Waals surface area contributed by atoms with Crippen molar-refractivity contribution in [3.8, 4) is 5.75 Å². The summed E-state index contributed by atoms with van der Waals surface area (Å²) in [5, 5.41) is 0. The first-order valence-electron chi connectivity index (χ1n) is 13.4. The number of halogens is 3. The summed E-state index contributed by atoms with van der Waals surface area (Å²) in [6.45, 7) is 8.77. The Morgan fingerprint density at radius 1 is 1.18 bits per heavy atom. The Labute approximate surface area is 232 Å². The molecule has 0 N–H and O–H groups in total. The van der Waals surface area contributed by atoms with E-state index in [-0.39, 0.29) is 54.5 Å². The molecule has 0 atom stereocenters. The summed E-state index contributed by atoms with van der Waals surface area (Å²) in [7, 11) is 1.38. The molecule has 2 aliphatic heterocycles. The molecule has 0 unspecified atom stereocenters. The van der Waals surface area contributed by atoms with Crippen LogP contribution in [0, 0.1) is 6.92 Å². The number of ether oxygens (including phenoxy) is 4. The van der Waals surface area contributed by atoms with E-state index in [9.17, 15) is 27.6 Å². The molecule has 222 valence electrons. The number of carbonyl (C=O) groups excluding carboxylic acids is 3. The second-order valence-electron chi connectivity index (χ2n) is 9.74. The summed E-state index contributed by atoms with van der Waals surface area (Å²) in [6, 6.07) is 0. The van der Waals surface area contributed by atoms with Gasteiger partial charge in [-0.15, -0.1) is 0 Å². The summed E-state index contributed by atoms with van der Waals surface area (Å²) in [5.74, 6) is -2.93. The highest BCUT2D eigenvalue weighted by atomic mass is 19.4. The number of hydrogen-bond acceptors (Lipinski definition) is 8. The summed E-state index contributed by atoms with van der Waals surface area (Å²) in [6.07, 6.45) is -2.06. The molecule has 0 bridgehead atoms. The zero-order valence-electron chi connectivity index (χ0n) is 23.4. The molecule has 2 aliphatic rings.